The zero-order chi connectivity index (χ0) is 12.3. The highest BCUT2D eigenvalue weighted by atomic mass is 79.9. The van der Waals surface area contributed by atoms with E-state index in [2.05, 4.69) is 58.3 Å². The molecule has 0 bridgehead atoms. The standard InChI is InChI=1S/C14H15BrN2/c1-10-5-12(8-16-7-10)9-17-14-4-3-13(15)6-11(14)2/h3-8,17H,9H2,1-2H3. The lowest BCUT2D eigenvalue weighted by molar-refractivity contribution is 1.09. The van der Waals surface area contributed by atoms with Gasteiger partial charge >= 0.3 is 0 Å². The van der Waals surface area contributed by atoms with Gasteiger partial charge in [-0.1, -0.05) is 22.0 Å². The maximum Gasteiger partial charge on any atom is 0.0416 e. The van der Waals surface area contributed by atoms with Crippen LogP contribution in [-0.4, -0.2) is 4.98 Å². The van der Waals surface area contributed by atoms with Crippen molar-refractivity contribution in [1.29, 1.82) is 0 Å². The van der Waals surface area contributed by atoms with Crippen LogP contribution in [0.15, 0.2) is 41.1 Å². The third-order valence-corrected chi connectivity index (χ3v) is 3.10. The molecule has 0 amide bonds. The average molecular weight is 291 g/mol. The van der Waals surface area contributed by atoms with Crippen LogP contribution < -0.4 is 5.32 Å². The summed E-state index contributed by atoms with van der Waals surface area (Å²) in [5, 5.41) is 3.42. The van der Waals surface area contributed by atoms with Gasteiger partial charge in [-0.05, 0) is 48.7 Å². The third-order valence-electron chi connectivity index (χ3n) is 2.60. The summed E-state index contributed by atoms with van der Waals surface area (Å²) in [7, 11) is 0. The number of pyridine rings is 1. The molecule has 1 N–H and O–H groups in total. The van der Waals surface area contributed by atoms with Gasteiger partial charge in [0, 0.05) is 29.1 Å². The number of aryl methyl sites for hydroxylation is 2. The number of hydrogen-bond acceptors (Lipinski definition) is 2. The molecule has 0 fully saturated rings. The Bertz CT molecular complexity index is 523. The van der Waals surface area contributed by atoms with Gasteiger partial charge in [0.15, 0.2) is 0 Å². The van der Waals surface area contributed by atoms with Crippen molar-refractivity contribution in [3.63, 3.8) is 0 Å². The summed E-state index contributed by atoms with van der Waals surface area (Å²) in [5.41, 5.74) is 4.79. The van der Waals surface area contributed by atoms with Crippen molar-refractivity contribution >= 4 is 21.6 Å². The molecule has 2 rings (SSSR count). The molecular weight excluding hydrogens is 276 g/mol. The fourth-order valence-electron chi connectivity index (χ4n) is 1.74. The van der Waals surface area contributed by atoms with Gasteiger partial charge < -0.3 is 5.32 Å². The first-order chi connectivity index (χ1) is 8.15. The minimum atomic E-state index is 0.803. The van der Waals surface area contributed by atoms with Crippen molar-refractivity contribution in [1.82, 2.24) is 4.98 Å². The van der Waals surface area contributed by atoms with E-state index >= 15 is 0 Å². The maximum absolute atomic E-state index is 4.19. The van der Waals surface area contributed by atoms with E-state index < -0.39 is 0 Å². The lowest BCUT2D eigenvalue weighted by Crippen LogP contribution is -2.01. The summed E-state index contributed by atoms with van der Waals surface area (Å²) >= 11 is 3.46. The molecule has 3 heteroatoms. The highest BCUT2D eigenvalue weighted by molar-refractivity contribution is 9.10. The Hall–Kier alpha value is -1.35. The molecule has 0 unspecified atom stereocenters. The zero-order valence-electron chi connectivity index (χ0n) is 10.00. The molecule has 1 aromatic heterocycles. The van der Waals surface area contributed by atoms with Gasteiger partial charge in [-0.25, -0.2) is 0 Å². The first-order valence-electron chi connectivity index (χ1n) is 5.56. The molecule has 17 heavy (non-hydrogen) atoms. The number of nitrogens with one attached hydrogen (secondary N) is 1. The first-order valence-corrected chi connectivity index (χ1v) is 6.35. The van der Waals surface area contributed by atoms with Gasteiger partial charge in [-0.3, -0.25) is 4.98 Å². The van der Waals surface area contributed by atoms with Crippen LogP contribution in [0.3, 0.4) is 0 Å². The largest absolute Gasteiger partial charge is 0.381 e. The number of benzene rings is 1. The molecule has 2 aromatic rings. The molecule has 88 valence electrons. The molecule has 0 aliphatic carbocycles. The molecule has 0 saturated carbocycles. The van der Waals surface area contributed by atoms with Crippen LogP contribution in [0, 0.1) is 13.8 Å². The second kappa shape index (κ2) is 5.32. The van der Waals surface area contributed by atoms with E-state index in [0.29, 0.717) is 0 Å². The average Bonchev–Trinajstić information content (AvgIpc) is 2.28. The lowest BCUT2D eigenvalue weighted by Gasteiger charge is -2.10. The number of hydrogen-bond donors (Lipinski definition) is 1. The number of rotatable bonds is 3. The van der Waals surface area contributed by atoms with Crippen molar-refractivity contribution in [2.45, 2.75) is 20.4 Å². The Balaban J connectivity index is 2.07. The molecular formula is C14H15BrN2. The second-order valence-electron chi connectivity index (χ2n) is 4.18. The number of nitrogens with zero attached hydrogens (tertiary/aromatic N) is 1. The molecule has 0 aliphatic rings. The maximum atomic E-state index is 4.19. The minimum Gasteiger partial charge on any atom is -0.381 e. The molecule has 0 spiro atoms. The van der Waals surface area contributed by atoms with E-state index in [4.69, 9.17) is 0 Å². The fourth-order valence-corrected chi connectivity index (χ4v) is 2.21. The SMILES string of the molecule is Cc1cncc(CNc2ccc(Br)cc2C)c1. The monoisotopic (exact) mass is 290 g/mol. The molecule has 2 nitrogen and oxygen atoms in total. The summed E-state index contributed by atoms with van der Waals surface area (Å²) in [6, 6.07) is 8.39. The topological polar surface area (TPSA) is 24.9 Å². The smallest absolute Gasteiger partial charge is 0.0416 e. The third kappa shape index (κ3) is 3.30. The van der Waals surface area contributed by atoms with E-state index in [1.165, 1.54) is 16.7 Å². The Morgan fingerprint density at radius 2 is 2.00 bits per heavy atom. The molecule has 1 aromatic carbocycles. The summed E-state index contributed by atoms with van der Waals surface area (Å²) in [6.45, 7) is 4.96. The van der Waals surface area contributed by atoms with Gasteiger partial charge in [0.2, 0.25) is 0 Å². The van der Waals surface area contributed by atoms with Crippen molar-refractivity contribution in [3.8, 4) is 0 Å². The van der Waals surface area contributed by atoms with Crippen LogP contribution in [0.5, 0.6) is 0 Å². The predicted octanol–water partition coefficient (Wildman–Crippen LogP) is 4.07. The van der Waals surface area contributed by atoms with Crippen molar-refractivity contribution in [2.75, 3.05) is 5.32 Å². The number of anilines is 1. The van der Waals surface area contributed by atoms with Gasteiger partial charge in [0.25, 0.3) is 0 Å². The predicted molar refractivity (Wildman–Crippen MR) is 75.2 cm³/mol. The summed E-state index contributed by atoms with van der Waals surface area (Å²) in [4.78, 5) is 4.19. The summed E-state index contributed by atoms with van der Waals surface area (Å²) in [6.07, 6.45) is 3.77. The van der Waals surface area contributed by atoms with E-state index in [-0.39, 0.29) is 0 Å². The van der Waals surface area contributed by atoms with Gasteiger partial charge in [0.05, 0.1) is 0 Å². The lowest BCUT2D eigenvalue weighted by atomic mass is 10.2. The van der Waals surface area contributed by atoms with Crippen LogP contribution in [0.4, 0.5) is 5.69 Å². The Morgan fingerprint density at radius 1 is 1.18 bits per heavy atom. The van der Waals surface area contributed by atoms with Gasteiger partial charge in [-0.15, -0.1) is 0 Å². The Kier molecular flexibility index (Phi) is 3.79. The Morgan fingerprint density at radius 3 is 2.71 bits per heavy atom. The van der Waals surface area contributed by atoms with Crippen LogP contribution in [-0.2, 0) is 6.54 Å². The van der Waals surface area contributed by atoms with Crippen LogP contribution in [0.25, 0.3) is 0 Å². The van der Waals surface area contributed by atoms with Crippen LogP contribution in [0.1, 0.15) is 16.7 Å². The highest BCUT2D eigenvalue weighted by Gasteiger charge is 1.99. The van der Waals surface area contributed by atoms with Crippen LogP contribution >= 0.6 is 15.9 Å². The Labute approximate surface area is 110 Å². The highest BCUT2D eigenvalue weighted by Crippen LogP contribution is 2.20. The fraction of sp³-hybridized carbons (Fsp3) is 0.214. The van der Waals surface area contributed by atoms with Crippen molar-refractivity contribution < 1.29 is 0 Å². The molecule has 0 atom stereocenters. The van der Waals surface area contributed by atoms with Gasteiger partial charge in [-0.2, -0.15) is 0 Å². The quantitative estimate of drug-likeness (QED) is 0.922. The number of aromatic nitrogens is 1. The van der Waals surface area contributed by atoms with E-state index in [1.54, 1.807) is 0 Å². The normalized spacial score (nSPS) is 10.3. The summed E-state index contributed by atoms with van der Waals surface area (Å²) < 4.78 is 1.11. The minimum absolute atomic E-state index is 0.803. The zero-order valence-corrected chi connectivity index (χ0v) is 11.6. The second-order valence-corrected chi connectivity index (χ2v) is 5.10. The van der Waals surface area contributed by atoms with Gasteiger partial charge in [0.1, 0.15) is 0 Å². The van der Waals surface area contributed by atoms with Crippen LogP contribution in [0.2, 0.25) is 0 Å². The van der Waals surface area contributed by atoms with Crippen molar-refractivity contribution in [3.05, 3.63) is 57.8 Å². The molecule has 1 heterocycles. The van der Waals surface area contributed by atoms with E-state index in [0.717, 1.165) is 16.7 Å². The molecule has 0 radical (unpaired) electrons. The van der Waals surface area contributed by atoms with Crippen molar-refractivity contribution in [2.24, 2.45) is 0 Å². The first kappa shape index (κ1) is 12.1. The number of halogens is 1. The summed E-state index contributed by atoms with van der Waals surface area (Å²) in [5.74, 6) is 0. The molecule has 0 saturated heterocycles. The van der Waals surface area contributed by atoms with E-state index in [9.17, 15) is 0 Å². The molecule has 0 aliphatic heterocycles. The van der Waals surface area contributed by atoms with E-state index in [1.807, 2.05) is 18.5 Å².